The van der Waals surface area contributed by atoms with Crippen LogP contribution in [0.5, 0.6) is 0 Å². The van der Waals surface area contributed by atoms with Crippen molar-refractivity contribution in [2.75, 3.05) is 20.1 Å². The first kappa shape index (κ1) is 20.3. The van der Waals surface area contributed by atoms with Crippen molar-refractivity contribution in [3.05, 3.63) is 40.8 Å². The van der Waals surface area contributed by atoms with Gasteiger partial charge in [-0.2, -0.15) is 18.3 Å². The van der Waals surface area contributed by atoms with Crippen LogP contribution in [0.25, 0.3) is 5.82 Å². The Morgan fingerprint density at radius 2 is 1.96 bits per heavy atom. The molecule has 0 atom stereocenters. The van der Waals surface area contributed by atoms with Crippen LogP contribution in [0, 0.1) is 13.8 Å². The van der Waals surface area contributed by atoms with E-state index in [1.165, 1.54) is 10.7 Å². The molecule has 2 aromatic rings. The third kappa shape index (κ3) is 4.19. The Balaban J connectivity index is 1.79. The van der Waals surface area contributed by atoms with E-state index in [4.69, 9.17) is 0 Å². The van der Waals surface area contributed by atoms with Gasteiger partial charge in [-0.15, -0.1) is 0 Å². The number of aryl methyl sites for hydroxylation is 1. The zero-order valence-corrected chi connectivity index (χ0v) is 16.2. The van der Waals surface area contributed by atoms with Crippen molar-refractivity contribution in [3.8, 4) is 5.82 Å². The topological polar surface area (TPSA) is 63.1 Å². The summed E-state index contributed by atoms with van der Waals surface area (Å²) in [7, 11) is 1.82. The maximum atomic E-state index is 12.7. The monoisotopic (exact) mass is 395 g/mol. The van der Waals surface area contributed by atoms with E-state index < -0.39 is 11.7 Å². The predicted molar refractivity (Wildman–Crippen MR) is 98.2 cm³/mol. The molecule has 152 valence electrons. The maximum Gasteiger partial charge on any atom is 0.417 e. The lowest BCUT2D eigenvalue weighted by Gasteiger charge is -2.31. The number of nitrogens with one attached hydrogen (secondary N) is 1. The van der Waals surface area contributed by atoms with Gasteiger partial charge in [0.15, 0.2) is 5.82 Å². The number of aromatic nitrogens is 3. The lowest BCUT2D eigenvalue weighted by atomic mass is 10.0. The molecule has 0 aromatic carbocycles. The number of carbonyl (C=O) groups excluding carboxylic acids is 1. The quantitative estimate of drug-likeness (QED) is 0.865. The Morgan fingerprint density at radius 3 is 2.54 bits per heavy atom. The largest absolute Gasteiger partial charge is 0.417 e. The van der Waals surface area contributed by atoms with E-state index in [0.717, 1.165) is 43.8 Å². The maximum absolute atomic E-state index is 12.7. The molecule has 9 heteroatoms. The van der Waals surface area contributed by atoms with Crippen molar-refractivity contribution in [2.45, 2.75) is 45.3 Å². The van der Waals surface area contributed by atoms with Crippen LogP contribution in [0.4, 0.5) is 13.2 Å². The highest BCUT2D eigenvalue weighted by atomic mass is 19.4. The molecular weight excluding hydrogens is 371 g/mol. The van der Waals surface area contributed by atoms with Gasteiger partial charge in [0.2, 0.25) is 5.91 Å². The molecule has 2 aromatic heterocycles. The lowest BCUT2D eigenvalue weighted by molar-refractivity contribution is -0.137. The summed E-state index contributed by atoms with van der Waals surface area (Å²) in [5, 5.41) is 7.67. The van der Waals surface area contributed by atoms with Gasteiger partial charge in [0.25, 0.3) is 0 Å². The van der Waals surface area contributed by atoms with Crippen LogP contribution < -0.4 is 5.32 Å². The molecule has 1 aliphatic rings. The van der Waals surface area contributed by atoms with Crippen LogP contribution in [-0.4, -0.2) is 51.8 Å². The van der Waals surface area contributed by atoms with Gasteiger partial charge < -0.3 is 10.2 Å². The SMILES string of the molecule is Cc1nn(-c2ccc(C(F)(F)F)cn2)c(C)c1CC(=O)N(C)C1CCNCC1. The molecule has 0 saturated carbocycles. The minimum atomic E-state index is -4.43. The summed E-state index contributed by atoms with van der Waals surface area (Å²) in [6, 6.07) is 2.49. The molecule has 0 radical (unpaired) electrons. The van der Waals surface area contributed by atoms with Gasteiger partial charge in [-0.3, -0.25) is 4.79 Å². The smallest absolute Gasteiger partial charge is 0.342 e. The predicted octanol–water partition coefficient (Wildman–Crippen LogP) is 2.66. The van der Waals surface area contributed by atoms with Crippen molar-refractivity contribution in [2.24, 2.45) is 0 Å². The molecule has 1 saturated heterocycles. The minimum Gasteiger partial charge on any atom is -0.342 e. The summed E-state index contributed by atoms with van der Waals surface area (Å²) in [6.07, 6.45) is -1.58. The van der Waals surface area contributed by atoms with Crippen LogP contribution in [0.1, 0.15) is 35.4 Å². The van der Waals surface area contributed by atoms with Gasteiger partial charge >= 0.3 is 6.18 Å². The Bertz CT molecular complexity index is 838. The first-order chi connectivity index (χ1) is 13.2. The van der Waals surface area contributed by atoms with E-state index in [2.05, 4.69) is 15.4 Å². The van der Waals surface area contributed by atoms with E-state index in [9.17, 15) is 18.0 Å². The van der Waals surface area contributed by atoms with Crippen LogP contribution in [0.15, 0.2) is 18.3 Å². The second kappa shape index (κ2) is 7.90. The second-order valence-electron chi connectivity index (χ2n) is 7.13. The zero-order chi connectivity index (χ0) is 20.5. The summed E-state index contributed by atoms with van der Waals surface area (Å²) in [6.45, 7) is 5.39. The Kier molecular flexibility index (Phi) is 5.74. The number of hydrogen-bond acceptors (Lipinski definition) is 4. The molecule has 6 nitrogen and oxygen atoms in total. The summed E-state index contributed by atoms with van der Waals surface area (Å²) >= 11 is 0. The number of alkyl halides is 3. The number of piperidine rings is 1. The fourth-order valence-corrected chi connectivity index (χ4v) is 3.51. The zero-order valence-electron chi connectivity index (χ0n) is 16.2. The van der Waals surface area contributed by atoms with Crippen LogP contribution in [-0.2, 0) is 17.4 Å². The standard InChI is InChI=1S/C19H24F3N5O/c1-12-16(10-18(28)26(3)15-6-8-23-9-7-15)13(2)27(25-12)17-5-4-14(11-24-17)19(20,21)22/h4-5,11,15,23H,6-10H2,1-3H3. The number of hydrogen-bond donors (Lipinski definition) is 1. The van der Waals surface area contributed by atoms with Gasteiger partial charge in [0, 0.05) is 30.5 Å². The second-order valence-corrected chi connectivity index (χ2v) is 7.13. The Morgan fingerprint density at radius 1 is 1.29 bits per heavy atom. The molecule has 3 heterocycles. The molecule has 0 spiro atoms. The molecule has 1 aliphatic heterocycles. The van der Waals surface area contributed by atoms with Crippen molar-refractivity contribution in [1.82, 2.24) is 25.0 Å². The molecule has 1 fully saturated rings. The van der Waals surface area contributed by atoms with Crippen LogP contribution in [0.3, 0.4) is 0 Å². The molecule has 1 amide bonds. The van der Waals surface area contributed by atoms with Crippen molar-refractivity contribution in [3.63, 3.8) is 0 Å². The summed E-state index contributed by atoms with van der Waals surface area (Å²) in [5.74, 6) is 0.303. The van der Waals surface area contributed by atoms with E-state index in [-0.39, 0.29) is 18.4 Å². The van der Waals surface area contributed by atoms with Crippen LogP contribution in [0.2, 0.25) is 0 Å². The number of carbonyl (C=O) groups is 1. The van der Waals surface area contributed by atoms with Gasteiger partial charge in [-0.1, -0.05) is 0 Å². The highest BCUT2D eigenvalue weighted by Crippen LogP contribution is 2.29. The molecule has 0 aliphatic carbocycles. The van der Waals surface area contributed by atoms with Gasteiger partial charge in [-0.25, -0.2) is 9.67 Å². The highest BCUT2D eigenvalue weighted by molar-refractivity contribution is 5.79. The number of likely N-dealkylation sites (N-methyl/N-ethyl adjacent to an activating group) is 1. The van der Waals surface area contributed by atoms with Crippen LogP contribution >= 0.6 is 0 Å². The first-order valence-corrected chi connectivity index (χ1v) is 9.23. The molecule has 1 N–H and O–H groups in total. The normalized spacial score (nSPS) is 15.6. The van der Waals surface area contributed by atoms with Crippen molar-refractivity contribution >= 4 is 5.91 Å². The fraction of sp³-hybridized carbons (Fsp3) is 0.526. The average Bonchev–Trinajstić information content (AvgIpc) is 2.95. The van der Waals surface area contributed by atoms with Crippen molar-refractivity contribution in [1.29, 1.82) is 0 Å². The third-order valence-electron chi connectivity index (χ3n) is 5.31. The first-order valence-electron chi connectivity index (χ1n) is 9.23. The number of amides is 1. The summed E-state index contributed by atoms with van der Waals surface area (Å²) < 4.78 is 39.7. The van der Waals surface area contributed by atoms with E-state index in [1.807, 2.05) is 7.05 Å². The molecular formula is C19H24F3N5O. The van der Waals surface area contributed by atoms with E-state index in [1.54, 1.807) is 18.7 Å². The number of halogens is 3. The third-order valence-corrected chi connectivity index (χ3v) is 5.31. The molecule has 28 heavy (non-hydrogen) atoms. The van der Waals surface area contributed by atoms with E-state index in [0.29, 0.717) is 17.2 Å². The highest BCUT2D eigenvalue weighted by Gasteiger charge is 2.31. The average molecular weight is 395 g/mol. The number of pyridine rings is 1. The van der Waals surface area contributed by atoms with Gasteiger partial charge in [0.05, 0.1) is 17.7 Å². The lowest BCUT2D eigenvalue weighted by Crippen LogP contribution is -2.44. The van der Waals surface area contributed by atoms with Crippen molar-refractivity contribution < 1.29 is 18.0 Å². The number of rotatable bonds is 4. The van der Waals surface area contributed by atoms with Gasteiger partial charge in [0.1, 0.15) is 0 Å². The fourth-order valence-electron chi connectivity index (χ4n) is 3.51. The Labute approximate surface area is 161 Å². The minimum absolute atomic E-state index is 0.0121. The molecule has 0 bridgehead atoms. The van der Waals surface area contributed by atoms with Gasteiger partial charge in [-0.05, 0) is 51.9 Å². The molecule has 3 rings (SSSR count). The summed E-state index contributed by atoms with van der Waals surface area (Å²) in [4.78, 5) is 18.4. The number of nitrogens with zero attached hydrogens (tertiary/aromatic N) is 4. The summed E-state index contributed by atoms with van der Waals surface area (Å²) in [5.41, 5.74) is 1.35. The Hall–Kier alpha value is -2.42. The molecule has 0 unspecified atom stereocenters. The van der Waals surface area contributed by atoms with E-state index >= 15 is 0 Å².